The van der Waals surface area contributed by atoms with Crippen LogP contribution in [-0.2, 0) is 16.1 Å². The molecule has 2 aromatic heterocycles. The minimum atomic E-state index is -0.115. The fraction of sp³-hybridized carbons (Fsp3) is 0.550. The monoisotopic (exact) mass is 369 g/mol. The van der Waals surface area contributed by atoms with Crippen molar-refractivity contribution in [2.45, 2.75) is 38.1 Å². The molecule has 2 saturated heterocycles. The van der Waals surface area contributed by atoms with Gasteiger partial charge in [-0.05, 0) is 30.5 Å². The lowest BCUT2D eigenvalue weighted by molar-refractivity contribution is -0.148. The van der Waals surface area contributed by atoms with E-state index >= 15 is 0 Å². The highest BCUT2D eigenvalue weighted by atomic mass is 16.5. The van der Waals surface area contributed by atoms with Crippen LogP contribution in [0.3, 0.4) is 0 Å². The number of aryl methyl sites for hydroxylation is 1. The summed E-state index contributed by atoms with van der Waals surface area (Å²) in [6.07, 6.45) is 7.43. The number of anilines is 2. The van der Waals surface area contributed by atoms with Crippen molar-refractivity contribution < 1.29 is 9.47 Å². The van der Waals surface area contributed by atoms with Gasteiger partial charge in [-0.25, -0.2) is 9.97 Å². The summed E-state index contributed by atoms with van der Waals surface area (Å²) in [5.74, 6) is 1.87. The van der Waals surface area contributed by atoms with Gasteiger partial charge in [0.25, 0.3) is 0 Å². The second kappa shape index (κ2) is 7.40. The zero-order chi connectivity index (χ0) is 18.9. The van der Waals surface area contributed by atoms with Crippen molar-refractivity contribution in [2.24, 2.45) is 0 Å². The summed E-state index contributed by atoms with van der Waals surface area (Å²) in [5, 5.41) is 0. The third kappa shape index (κ3) is 3.89. The first-order valence-electron chi connectivity index (χ1n) is 9.44. The maximum absolute atomic E-state index is 6.20. The Bertz CT molecular complexity index is 791. The molecule has 0 N–H and O–H groups in total. The molecule has 27 heavy (non-hydrogen) atoms. The first kappa shape index (κ1) is 18.1. The smallest absolute Gasteiger partial charge is 0.134 e. The number of hydrogen-bond acceptors (Lipinski definition) is 7. The molecule has 0 amide bonds. The van der Waals surface area contributed by atoms with Crippen LogP contribution in [-0.4, -0.2) is 60.4 Å². The molecule has 0 radical (unpaired) electrons. The van der Waals surface area contributed by atoms with Gasteiger partial charge in [0.1, 0.15) is 23.6 Å². The largest absolute Gasteiger partial charge is 0.373 e. The number of pyridine rings is 1. The predicted molar refractivity (Wildman–Crippen MR) is 104 cm³/mol. The maximum Gasteiger partial charge on any atom is 0.134 e. The second-order valence-electron chi connectivity index (χ2n) is 7.74. The number of ether oxygens (including phenoxy) is 2. The molecule has 0 saturated carbocycles. The van der Waals surface area contributed by atoms with Crippen molar-refractivity contribution in [2.75, 3.05) is 43.6 Å². The molecule has 4 heterocycles. The van der Waals surface area contributed by atoms with E-state index in [0.29, 0.717) is 6.61 Å². The molecule has 1 atom stereocenters. The average molecular weight is 369 g/mol. The zero-order valence-corrected chi connectivity index (χ0v) is 16.3. The van der Waals surface area contributed by atoms with Crippen molar-refractivity contribution in [3.05, 3.63) is 42.0 Å². The maximum atomic E-state index is 6.20. The zero-order valence-electron chi connectivity index (χ0n) is 16.3. The standard InChI is InChI=1S/C20H27N5O2/c1-15-4-6-21-10-16(15)11-26-17-5-7-27-20(9-17)12-25(13-20)19-8-18(24(2)3)22-14-23-19/h4,6,8,10,14,17H,5,7,9,11-13H2,1-3H3/t17-/m1/s1. The van der Waals surface area contributed by atoms with Gasteiger partial charge in [-0.2, -0.15) is 0 Å². The number of nitrogens with zero attached hydrogens (tertiary/aromatic N) is 5. The Morgan fingerprint density at radius 2 is 2.19 bits per heavy atom. The van der Waals surface area contributed by atoms with E-state index in [4.69, 9.17) is 9.47 Å². The van der Waals surface area contributed by atoms with E-state index in [9.17, 15) is 0 Å². The number of rotatable bonds is 5. The van der Waals surface area contributed by atoms with Crippen LogP contribution < -0.4 is 9.80 Å². The lowest BCUT2D eigenvalue weighted by Crippen LogP contribution is -2.66. The lowest BCUT2D eigenvalue weighted by Gasteiger charge is -2.53. The Morgan fingerprint density at radius 3 is 2.96 bits per heavy atom. The van der Waals surface area contributed by atoms with Gasteiger partial charge >= 0.3 is 0 Å². The number of hydrogen-bond donors (Lipinski definition) is 0. The van der Waals surface area contributed by atoms with Crippen molar-refractivity contribution >= 4 is 11.6 Å². The Hall–Kier alpha value is -2.25. The molecule has 7 nitrogen and oxygen atoms in total. The van der Waals surface area contributed by atoms with Crippen molar-refractivity contribution in [1.82, 2.24) is 15.0 Å². The Labute approximate surface area is 160 Å². The molecule has 0 aromatic carbocycles. The van der Waals surface area contributed by atoms with E-state index in [1.54, 1.807) is 6.33 Å². The molecule has 2 aliphatic heterocycles. The van der Waals surface area contributed by atoms with Gasteiger partial charge in [-0.1, -0.05) is 0 Å². The van der Waals surface area contributed by atoms with Crippen LogP contribution in [0.4, 0.5) is 11.6 Å². The lowest BCUT2D eigenvalue weighted by atomic mass is 9.84. The highest BCUT2D eigenvalue weighted by Crippen LogP contribution is 2.37. The fourth-order valence-electron chi connectivity index (χ4n) is 3.77. The molecule has 2 fully saturated rings. The molecule has 1 spiro atoms. The number of aromatic nitrogens is 3. The van der Waals surface area contributed by atoms with E-state index in [-0.39, 0.29) is 11.7 Å². The quantitative estimate of drug-likeness (QED) is 0.800. The summed E-state index contributed by atoms with van der Waals surface area (Å²) in [6.45, 7) is 5.16. The summed E-state index contributed by atoms with van der Waals surface area (Å²) in [4.78, 5) is 17.2. The van der Waals surface area contributed by atoms with Crippen molar-refractivity contribution in [3.63, 3.8) is 0 Å². The SMILES string of the molecule is Cc1ccncc1CO[C@@H]1CCOC2(C1)CN(c1cc(N(C)C)ncn1)C2. The highest BCUT2D eigenvalue weighted by molar-refractivity contribution is 5.52. The van der Waals surface area contributed by atoms with Crippen LogP contribution in [0, 0.1) is 6.92 Å². The van der Waals surface area contributed by atoms with Gasteiger partial charge in [0.05, 0.1) is 25.8 Å². The summed E-state index contributed by atoms with van der Waals surface area (Å²) in [5.41, 5.74) is 2.27. The molecule has 2 aliphatic rings. The van der Waals surface area contributed by atoms with Crippen LogP contribution >= 0.6 is 0 Å². The average Bonchev–Trinajstić information content (AvgIpc) is 2.66. The van der Waals surface area contributed by atoms with Crippen LogP contribution in [0.15, 0.2) is 30.9 Å². The molecule has 2 aromatic rings. The summed E-state index contributed by atoms with van der Waals surface area (Å²) >= 11 is 0. The Balaban J connectivity index is 1.34. The summed E-state index contributed by atoms with van der Waals surface area (Å²) < 4.78 is 12.4. The van der Waals surface area contributed by atoms with Crippen LogP contribution in [0.25, 0.3) is 0 Å². The summed E-state index contributed by atoms with van der Waals surface area (Å²) in [7, 11) is 3.97. The molecule has 0 unspecified atom stereocenters. The predicted octanol–water partition coefficient (Wildman–Crippen LogP) is 2.20. The normalized spacial score (nSPS) is 21.1. The molecule has 4 rings (SSSR count). The van der Waals surface area contributed by atoms with Gasteiger partial charge in [0.2, 0.25) is 0 Å². The molecule has 0 bridgehead atoms. The van der Waals surface area contributed by atoms with Crippen molar-refractivity contribution in [3.8, 4) is 0 Å². The van der Waals surface area contributed by atoms with Gasteiger partial charge in [-0.3, -0.25) is 4.98 Å². The third-order valence-electron chi connectivity index (χ3n) is 5.45. The highest BCUT2D eigenvalue weighted by Gasteiger charge is 2.48. The van der Waals surface area contributed by atoms with Gasteiger partial charge in [-0.15, -0.1) is 0 Å². The van der Waals surface area contributed by atoms with Crippen LogP contribution in [0.1, 0.15) is 24.0 Å². The van der Waals surface area contributed by atoms with E-state index in [1.165, 1.54) is 5.56 Å². The van der Waals surface area contributed by atoms with E-state index in [0.717, 1.165) is 49.7 Å². The van der Waals surface area contributed by atoms with E-state index in [2.05, 4.69) is 26.8 Å². The van der Waals surface area contributed by atoms with E-state index < -0.39 is 0 Å². The molecule has 144 valence electrons. The van der Waals surface area contributed by atoms with Gasteiger partial charge < -0.3 is 19.3 Å². The Morgan fingerprint density at radius 1 is 1.33 bits per heavy atom. The minimum Gasteiger partial charge on any atom is -0.373 e. The minimum absolute atomic E-state index is 0.115. The van der Waals surface area contributed by atoms with Crippen LogP contribution in [0.2, 0.25) is 0 Å². The second-order valence-corrected chi connectivity index (χ2v) is 7.74. The molecular weight excluding hydrogens is 342 g/mol. The Kier molecular flexibility index (Phi) is 4.97. The first-order chi connectivity index (χ1) is 13.0. The van der Waals surface area contributed by atoms with E-state index in [1.807, 2.05) is 43.5 Å². The summed E-state index contributed by atoms with van der Waals surface area (Å²) in [6, 6.07) is 4.05. The molecule has 0 aliphatic carbocycles. The first-order valence-corrected chi connectivity index (χ1v) is 9.44. The van der Waals surface area contributed by atoms with Gasteiger partial charge in [0, 0.05) is 45.6 Å². The third-order valence-corrected chi connectivity index (χ3v) is 5.45. The van der Waals surface area contributed by atoms with Gasteiger partial charge in [0.15, 0.2) is 0 Å². The topological polar surface area (TPSA) is 63.6 Å². The molecule has 7 heteroatoms. The van der Waals surface area contributed by atoms with Crippen LogP contribution in [0.5, 0.6) is 0 Å². The van der Waals surface area contributed by atoms with Crippen molar-refractivity contribution in [1.29, 1.82) is 0 Å². The fourth-order valence-corrected chi connectivity index (χ4v) is 3.77. The molecular formula is C20H27N5O2.